The second kappa shape index (κ2) is 7.33. The van der Waals surface area contributed by atoms with E-state index in [2.05, 4.69) is 14.1 Å². The van der Waals surface area contributed by atoms with Crippen LogP contribution in [0.15, 0.2) is 27.9 Å². The van der Waals surface area contributed by atoms with E-state index in [0.717, 1.165) is 24.4 Å². The largest absolute Gasteiger partial charge is 0.336 e. The molecule has 29 heavy (non-hydrogen) atoms. The van der Waals surface area contributed by atoms with Crippen LogP contribution in [0.25, 0.3) is 16.2 Å². The number of nitrogens with one attached hydrogen (secondary N) is 1. The number of hydrogen-bond acceptors (Lipinski definition) is 7. The maximum Gasteiger partial charge on any atom is 0.336 e. The number of aryl methyl sites for hydroxylation is 1. The van der Waals surface area contributed by atoms with Crippen molar-refractivity contribution < 1.29 is 12.8 Å². The van der Waals surface area contributed by atoms with Crippen LogP contribution in [-0.4, -0.2) is 39.6 Å². The third-order valence-corrected chi connectivity index (χ3v) is 7.09. The molecule has 12 heteroatoms. The van der Waals surface area contributed by atoms with Gasteiger partial charge in [-0.25, -0.2) is 31.9 Å². The number of alkyl halides is 1. The molecular weight excluding hydrogens is 419 g/mol. The summed E-state index contributed by atoms with van der Waals surface area (Å²) >= 11 is 0.994. The van der Waals surface area contributed by atoms with Gasteiger partial charge in [0, 0.05) is 11.5 Å². The lowest BCUT2D eigenvalue weighted by Crippen LogP contribution is -2.37. The molecule has 0 saturated heterocycles. The van der Waals surface area contributed by atoms with Crippen LogP contribution in [0.3, 0.4) is 0 Å². The molecule has 1 N–H and O–H groups in total. The van der Waals surface area contributed by atoms with Crippen LogP contribution in [0.4, 0.5) is 4.39 Å². The lowest BCUT2D eigenvalue weighted by molar-refractivity contribution is 0.379. The van der Waals surface area contributed by atoms with Gasteiger partial charge in [0.05, 0.1) is 28.0 Å². The van der Waals surface area contributed by atoms with Crippen LogP contribution in [0.1, 0.15) is 18.7 Å². The van der Waals surface area contributed by atoms with Gasteiger partial charge in [-0.15, -0.1) is 0 Å². The molecule has 4 rings (SSSR count). The van der Waals surface area contributed by atoms with Gasteiger partial charge in [0.15, 0.2) is 0 Å². The standard InChI is InChI=1S/C17H17FN6O3S2/c1-10-20-16(28-21-10)24-15-8-12(4-5-14(15)23(7-6-19)17(24)25)29(26,27)22-13(9-18)11-2-3-11/h4-5,8,11,13,22H,2-3,7,9H2,1H3. The minimum atomic E-state index is -3.99. The number of halogens is 1. The van der Waals surface area contributed by atoms with E-state index in [9.17, 15) is 17.6 Å². The summed E-state index contributed by atoms with van der Waals surface area (Å²) in [5.74, 6) is 0.483. The van der Waals surface area contributed by atoms with Gasteiger partial charge in [-0.1, -0.05) is 0 Å². The number of fused-ring (bicyclic) bond motifs is 1. The predicted molar refractivity (Wildman–Crippen MR) is 104 cm³/mol. The van der Waals surface area contributed by atoms with Crippen molar-refractivity contribution in [3.05, 3.63) is 34.5 Å². The van der Waals surface area contributed by atoms with Gasteiger partial charge >= 0.3 is 5.69 Å². The van der Waals surface area contributed by atoms with E-state index >= 15 is 0 Å². The Kier molecular flexibility index (Phi) is 4.97. The summed E-state index contributed by atoms with van der Waals surface area (Å²) in [5, 5.41) is 9.34. The molecule has 152 valence electrons. The Morgan fingerprint density at radius 2 is 2.17 bits per heavy atom. The van der Waals surface area contributed by atoms with Gasteiger partial charge in [0.25, 0.3) is 0 Å². The van der Waals surface area contributed by atoms with Crippen molar-refractivity contribution in [3.8, 4) is 11.2 Å². The van der Waals surface area contributed by atoms with Crippen LogP contribution >= 0.6 is 11.5 Å². The zero-order valence-corrected chi connectivity index (χ0v) is 17.0. The van der Waals surface area contributed by atoms with Crippen LogP contribution in [0.5, 0.6) is 0 Å². The number of aromatic nitrogens is 4. The molecule has 2 aromatic heterocycles. The summed E-state index contributed by atoms with van der Waals surface area (Å²) in [6.45, 7) is 0.698. The fourth-order valence-corrected chi connectivity index (χ4v) is 5.20. The van der Waals surface area contributed by atoms with Gasteiger partial charge in [-0.05, 0) is 43.9 Å². The van der Waals surface area contributed by atoms with Crippen molar-refractivity contribution in [2.45, 2.75) is 37.2 Å². The second-order valence-electron chi connectivity index (χ2n) is 6.86. The predicted octanol–water partition coefficient (Wildman–Crippen LogP) is 1.50. The molecule has 1 fully saturated rings. The second-order valence-corrected chi connectivity index (χ2v) is 9.30. The smallest absolute Gasteiger partial charge is 0.278 e. The van der Waals surface area contributed by atoms with Crippen LogP contribution < -0.4 is 10.4 Å². The van der Waals surface area contributed by atoms with Crippen molar-refractivity contribution in [1.29, 1.82) is 5.26 Å². The highest BCUT2D eigenvalue weighted by atomic mass is 32.2. The van der Waals surface area contributed by atoms with Gasteiger partial charge in [0.1, 0.15) is 19.0 Å². The Hall–Kier alpha value is -2.62. The Bertz CT molecular complexity index is 1280. The van der Waals surface area contributed by atoms with Crippen molar-refractivity contribution in [2.24, 2.45) is 5.92 Å². The summed E-state index contributed by atoms with van der Waals surface area (Å²) in [4.78, 5) is 17.0. The monoisotopic (exact) mass is 436 g/mol. The third-order valence-electron chi connectivity index (χ3n) is 4.81. The lowest BCUT2D eigenvalue weighted by Gasteiger charge is -2.15. The first-order valence-corrected chi connectivity index (χ1v) is 11.1. The molecule has 2 heterocycles. The fourth-order valence-electron chi connectivity index (χ4n) is 3.21. The summed E-state index contributed by atoms with van der Waals surface area (Å²) in [5.41, 5.74) is 0.167. The minimum absolute atomic E-state index is 0.0118. The maximum atomic E-state index is 13.3. The summed E-state index contributed by atoms with van der Waals surface area (Å²) in [6.07, 6.45) is 1.59. The van der Waals surface area contributed by atoms with E-state index in [1.807, 2.05) is 6.07 Å². The first-order valence-electron chi connectivity index (χ1n) is 8.87. The lowest BCUT2D eigenvalue weighted by atomic mass is 10.2. The molecule has 1 saturated carbocycles. The van der Waals surface area contributed by atoms with E-state index in [4.69, 9.17) is 5.26 Å². The number of sulfonamides is 1. The van der Waals surface area contributed by atoms with Gasteiger partial charge in [0.2, 0.25) is 15.2 Å². The zero-order valence-electron chi connectivity index (χ0n) is 15.4. The highest BCUT2D eigenvalue weighted by Crippen LogP contribution is 2.33. The molecule has 1 aliphatic carbocycles. The molecular formula is C17H17FN6O3S2. The quantitative estimate of drug-likeness (QED) is 0.599. The molecule has 0 radical (unpaired) electrons. The maximum absolute atomic E-state index is 13.3. The molecule has 1 unspecified atom stereocenters. The fraction of sp³-hybridized carbons (Fsp3) is 0.412. The molecule has 1 aliphatic rings. The first-order chi connectivity index (χ1) is 13.9. The minimum Gasteiger partial charge on any atom is -0.278 e. The van der Waals surface area contributed by atoms with E-state index < -0.39 is 28.4 Å². The summed E-state index contributed by atoms with van der Waals surface area (Å²) < 4.78 is 47.8. The van der Waals surface area contributed by atoms with Gasteiger partial charge in [-0.3, -0.25) is 4.57 Å². The van der Waals surface area contributed by atoms with Gasteiger partial charge in [-0.2, -0.15) is 9.64 Å². The van der Waals surface area contributed by atoms with Crippen molar-refractivity contribution >= 4 is 32.6 Å². The number of hydrogen-bond donors (Lipinski definition) is 1. The highest BCUT2D eigenvalue weighted by Gasteiger charge is 2.34. The molecule has 0 bridgehead atoms. The molecule has 9 nitrogen and oxygen atoms in total. The zero-order chi connectivity index (χ0) is 20.8. The number of nitriles is 1. The average Bonchev–Trinajstić information content (AvgIpc) is 3.40. The number of imidazole rings is 1. The number of benzene rings is 1. The molecule has 0 aliphatic heterocycles. The molecule has 3 aromatic rings. The van der Waals surface area contributed by atoms with Crippen molar-refractivity contribution in [1.82, 2.24) is 23.2 Å². The molecule has 1 atom stereocenters. The van der Waals surface area contributed by atoms with Crippen molar-refractivity contribution in [3.63, 3.8) is 0 Å². The summed E-state index contributed by atoms with van der Waals surface area (Å²) in [6, 6.07) is 5.32. The van der Waals surface area contributed by atoms with E-state index in [1.165, 1.54) is 27.3 Å². The first kappa shape index (κ1) is 19.7. The SMILES string of the molecule is Cc1nsc(-n2c(=O)n(CC#N)c3ccc(S(=O)(=O)NC(CF)C4CC4)cc32)n1. The summed E-state index contributed by atoms with van der Waals surface area (Å²) in [7, 11) is -3.99. The molecule has 0 spiro atoms. The third kappa shape index (κ3) is 3.57. The van der Waals surface area contributed by atoms with E-state index in [-0.39, 0.29) is 28.0 Å². The number of nitrogens with zero attached hydrogens (tertiary/aromatic N) is 5. The topological polar surface area (TPSA) is 123 Å². The Labute approximate surface area is 169 Å². The van der Waals surface area contributed by atoms with Crippen LogP contribution in [0.2, 0.25) is 0 Å². The Morgan fingerprint density at radius 1 is 1.41 bits per heavy atom. The number of rotatable bonds is 7. The van der Waals surface area contributed by atoms with Crippen LogP contribution in [-0.2, 0) is 16.6 Å². The van der Waals surface area contributed by atoms with E-state index in [0.29, 0.717) is 11.3 Å². The van der Waals surface area contributed by atoms with E-state index in [1.54, 1.807) is 6.92 Å². The normalized spacial score (nSPS) is 15.5. The Balaban J connectivity index is 1.86. The molecule has 1 aromatic carbocycles. The van der Waals surface area contributed by atoms with Crippen molar-refractivity contribution in [2.75, 3.05) is 6.67 Å². The Morgan fingerprint density at radius 3 is 2.76 bits per heavy atom. The molecule has 0 amide bonds. The van der Waals surface area contributed by atoms with Gasteiger partial charge < -0.3 is 0 Å². The van der Waals surface area contributed by atoms with Crippen LogP contribution in [0, 0.1) is 24.2 Å². The average molecular weight is 436 g/mol. The highest BCUT2D eigenvalue weighted by molar-refractivity contribution is 7.89.